The Bertz CT molecular complexity index is 572. The molecular weight excluding hydrogens is 282 g/mol. The lowest BCUT2D eigenvalue weighted by Gasteiger charge is -2.25. The molecule has 3 heteroatoms. The van der Waals surface area contributed by atoms with Gasteiger partial charge in [0.15, 0.2) is 0 Å². The lowest BCUT2D eigenvalue weighted by atomic mass is 10.0. The molecule has 0 heterocycles. The van der Waals surface area contributed by atoms with Crippen molar-refractivity contribution in [2.45, 2.75) is 38.0 Å². The number of aliphatic hydroxyl groups is 1. The first-order valence-corrected chi connectivity index (χ1v) is 7.32. The number of nitrogens with one attached hydrogen (secondary N) is 1. The van der Waals surface area contributed by atoms with Crippen LogP contribution in [0.25, 0.3) is 0 Å². The third-order valence-corrected chi connectivity index (χ3v) is 4.21. The van der Waals surface area contributed by atoms with Crippen LogP contribution in [0, 0.1) is 0 Å². The molecule has 3 unspecified atom stereocenters. The lowest BCUT2D eigenvalue weighted by Crippen LogP contribution is -2.34. The largest absolute Gasteiger partial charge is 0.387 e. The van der Waals surface area contributed by atoms with Crippen molar-refractivity contribution in [1.29, 1.82) is 0 Å². The summed E-state index contributed by atoms with van der Waals surface area (Å²) in [5.74, 6) is 0. The Balaban J connectivity index is 0.00000161. The minimum Gasteiger partial charge on any atom is -0.387 e. The maximum atomic E-state index is 10.4. The molecule has 2 nitrogen and oxygen atoms in total. The van der Waals surface area contributed by atoms with Gasteiger partial charge in [0.2, 0.25) is 0 Å². The molecule has 3 rings (SSSR count). The van der Waals surface area contributed by atoms with Gasteiger partial charge in [-0.3, -0.25) is 0 Å². The van der Waals surface area contributed by atoms with E-state index in [9.17, 15) is 5.11 Å². The van der Waals surface area contributed by atoms with Crippen LogP contribution in [0.4, 0.5) is 0 Å². The van der Waals surface area contributed by atoms with Crippen LogP contribution in [0.1, 0.15) is 42.2 Å². The molecule has 0 amide bonds. The molecule has 21 heavy (non-hydrogen) atoms. The Kier molecular flexibility index (Phi) is 5.40. The molecule has 2 N–H and O–H groups in total. The van der Waals surface area contributed by atoms with Gasteiger partial charge in [-0.25, -0.2) is 0 Å². The van der Waals surface area contributed by atoms with Gasteiger partial charge < -0.3 is 10.4 Å². The zero-order valence-corrected chi connectivity index (χ0v) is 13.0. The molecule has 1 aliphatic rings. The van der Waals surface area contributed by atoms with Crippen molar-refractivity contribution in [3.8, 4) is 0 Å². The number of fused-ring (bicyclic) bond motifs is 1. The van der Waals surface area contributed by atoms with Crippen LogP contribution in [0.3, 0.4) is 0 Å². The van der Waals surface area contributed by atoms with Crippen molar-refractivity contribution < 1.29 is 5.11 Å². The fourth-order valence-electron chi connectivity index (χ4n) is 3.08. The topological polar surface area (TPSA) is 32.3 Å². The Labute approximate surface area is 132 Å². The molecule has 0 fully saturated rings. The normalized spacial score (nSPS) is 19.4. The first-order valence-electron chi connectivity index (χ1n) is 7.32. The highest BCUT2D eigenvalue weighted by atomic mass is 35.5. The number of halogens is 1. The van der Waals surface area contributed by atoms with Crippen LogP contribution in [0.2, 0.25) is 0 Å². The average molecular weight is 304 g/mol. The molecular formula is C18H22ClNO. The molecule has 0 bridgehead atoms. The second-order valence-electron chi connectivity index (χ2n) is 5.60. The van der Waals surface area contributed by atoms with E-state index in [2.05, 4.69) is 36.5 Å². The molecule has 0 aromatic heterocycles. The van der Waals surface area contributed by atoms with Gasteiger partial charge in [-0.2, -0.15) is 0 Å². The third-order valence-electron chi connectivity index (χ3n) is 4.21. The molecule has 3 atom stereocenters. The molecule has 1 aliphatic carbocycles. The highest BCUT2D eigenvalue weighted by Crippen LogP contribution is 2.32. The smallest absolute Gasteiger partial charge is 0.0940 e. The van der Waals surface area contributed by atoms with E-state index in [1.165, 1.54) is 11.1 Å². The summed E-state index contributed by atoms with van der Waals surface area (Å²) in [5.41, 5.74) is 3.80. The Hall–Kier alpha value is -1.35. The molecule has 0 radical (unpaired) electrons. The van der Waals surface area contributed by atoms with Gasteiger partial charge in [0.1, 0.15) is 0 Å². The van der Waals surface area contributed by atoms with Crippen molar-refractivity contribution in [2.24, 2.45) is 0 Å². The van der Waals surface area contributed by atoms with Crippen molar-refractivity contribution in [3.05, 3.63) is 71.3 Å². The van der Waals surface area contributed by atoms with Gasteiger partial charge in [-0.15, -0.1) is 12.4 Å². The Morgan fingerprint density at radius 1 is 1.05 bits per heavy atom. The fourth-order valence-corrected chi connectivity index (χ4v) is 3.08. The van der Waals surface area contributed by atoms with Gasteiger partial charge in [0, 0.05) is 12.1 Å². The molecule has 0 saturated carbocycles. The van der Waals surface area contributed by atoms with Crippen LogP contribution in [-0.2, 0) is 6.42 Å². The van der Waals surface area contributed by atoms with Crippen molar-refractivity contribution in [2.75, 3.05) is 0 Å². The number of rotatable bonds is 4. The minimum absolute atomic E-state index is 0. The standard InChI is InChI=1S/C18H21NO.ClH/c1-13(18(20)15-8-3-2-4-9-15)19-17-12-11-14-7-5-6-10-16(14)17;/h2-10,13,17-20H,11-12H2,1H3;1H. The Morgan fingerprint density at radius 2 is 1.71 bits per heavy atom. The maximum Gasteiger partial charge on any atom is 0.0940 e. The van der Waals surface area contributed by atoms with Gasteiger partial charge in [0.05, 0.1) is 6.10 Å². The predicted octanol–water partition coefficient (Wildman–Crippen LogP) is 3.81. The maximum absolute atomic E-state index is 10.4. The molecule has 2 aromatic rings. The molecule has 0 saturated heterocycles. The summed E-state index contributed by atoms with van der Waals surface area (Å²) in [6, 6.07) is 18.9. The third kappa shape index (κ3) is 3.46. The van der Waals surface area contributed by atoms with E-state index in [1.54, 1.807) is 0 Å². The first kappa shape index (κ1) is 16.0. The van der Waals surface area contributed by atoms with Crippen molar-refractivity contribution >= 4 is 12.4 Å². The van der Waals surface area contributed by atoms with Gasteiger partial charge in [-0.1, -0.05) is 54.6 Å². The zero-order chi connectivity index (χ0) is 13.9. The van der Waals surface area contributed by atoms with E-state index < -0.39 is 6.10 Å². The quantitative estimate of drug-likeness (QED) is 0.900. The van der Waals surface area contributed by atoms with Crippen LogP contribution >= 0.6 is 12.4 Å². The van der Waals surface area contributed by atoms with E-state index in [4.69, 9.17) is 0 Å². The van der Waals surface area contributed by atoms with E-state index in [0.717, 1.165) is 18.4 Å². The summed E-state index contributed by atoms with van der Waals surface area (Å²) >= 11 is 0. The summed E-state index contributed by atoms with van der Waals surface area (Å²) in [6.45, 7) is 2.05. The second kappa shape index (κ2) is 7.08. The number of aliphatic hydroxyl groups excluding tert-OH is 1. The lowest BCUT2D eigenvalue weighted by molar-refractivity contribution is 0.129. The fraction of sp³-hybridized carbons (Fsp3) is 0.333. The van der Waals surface area contributed by atoms with E-state index in [-0.39, 0.29) is 18.4 Å². The monoisotopic (exact) mass is 303 g/mol. The molecule has 2 aromatic carbocycles. The summed E-state index contributed by atoms with van der Waals surface area (Å²) in [7, 11) is 0. The van der Waals surface area contributed by atoms with Crippen molar-refractivity contribution in [1.82, 2.24) is 5.32 Å². The summed E-state index contributed by atoms with van der Waals surface area (Å²) < 4.78 is 0. The summed E-state index contributed by atoms with van der Waals surface area (Å²) in [6.07, 6.45) is 1.77. The number of benzene rings is 2. The highest BCUT2D eigenvalue weighted by Gasteiger charge is 2.25. The minimum atomic E-state index is -0.469. The van der Waals surface area contributed by atoms with Gasteiger partial charge >= 0.3 is 0 Å². The van der Waals surface area contributed by atoms with Crippen molar-refractivity contribution in [3.63, 3.8) is 0 Å². The van der Waals surface area contributed by atoms with Crippen LogP contribution in [-0.4, -0.2) is 11.1 Å². The average Bonchev–Trinajstić information content (AvgIpc) is 2.91. The predicted molar refractivity (Wildman–Crippen MR) is 88.8 cm³/mol. The first-order chi connectivity index (χ1) is 9.75. The van der Waals surface area contributed by atoms with E-state index in [0.29, 0.717) is 6.04 Å². The van der Waals surface area contributed by atoms with E-state index in [1.807, 2.05) is 30.3 Å². The highest BCUT2D eigenvalue weighted by molar-refractivity contribution is 5.85. The summed E-state index contributed by atoms with van der Waals surface area (Å²) in [5, 5.41) is 14.0. The number of aryl methyl sites for hydroxylation is 1. The van der Waals surface area contributed by atoms with Gasteiger partial charge in [0.25, 0.3) is 0 Å². The van der Waals surface area contributed by atoms with Crippen LogP contribution < -0.4 is 5.32 Å². The second-order valence-corrected chi connectivity index (χ2v) is 5.60. The van der Waals surface area contributed by atoms with Crippen LogP contribution in [0.15, 0.2) is 54.6 Å². The zero-order valence-electron chi connectivity index (χ0n) is 12.2. The molecule has 0 aliphatic heterocycles. The number of hydrogen-bond donors (Lipinski definition) is 2. The molecule has 112 valence electrons. The van der Waals surface area contributed by atoms with Gasteiger partial charge in [-0.05, 0) is 36.5 Å². The summed E-state index contributed by atoms with van der Waals surface area (Å²) in [4.78, 5) is 0. The number of hydrogen-bond acceptors (Lipinski definition) is 2. The SMILES string of the molecule is CC(NC1CCc2ccccc21)C(O)c1ccccc1.Cl. The van der Waals surface area contributed by atoms with Crippen LogP contribution in [0.5, 0.6) is 0 Å². The Morgan fingerprint density at radius 3 is 2.48 bits per heavy atom. The van der Waals surface area contributed by atoms with E-state index >= 15 is 0 Å². The molecule has 0 spiro atoms.